The Morgan fingerprint density at radius 1 is 1.21 bits per heavy atom. The van der Waals surface area contributed by atoms with Crippen molar-refractivity contribution in [2.75, 3.05) is 11.1 Å². The van der Waals surface area contributed by atoms with Gasteiger partial charge in [0.1, 0.15) is 10.7 Å². The zero-order valence-electron chi connectivity index (χ0n) is 18.2. The lowest BCUT2D eigenvalue weighted by atomic mass is 10.1. The topological polar surface area (TPSA) is 68.0 Å². The van der Waals surface area contributed by atoms with E-state index in [1.807, 2.05) is 24.3 Å². The van der Waals surface area contributed by atoms with Crippen molar-refractivity contribution in [2.24, 2.45) is 0 Å². The monoisotopic (exact) mass is 515 g/mol. The van der Waals surface area contributed by atoms with Crippen LogP contribution in [0.25, 0.3) is 0 Å². The van der Waals surface area contributed by atoms with Crippen LogP contribution in [0.2, 0.25) is 10.0 Å². The van der Waals surface area contributed by atoms with Crippen molar-refractivity contribution in [1.82, 2.24) is 4.98 Å². The van der Waals surface area contributed by atoms with Gasteiger partial charge in [-0.3, -0.25) is 4.79 Å². The van der Waals surface area contributed by atoms with Gasteiger partial charge in [0.05, 0.1) is 15.6 Å². The number of carbonyl (C=O) groups excluding carboxylic acids is 1. The average molecular weight is 517 g/mol. The molecule has 0 spiro atoms. The number of rotatable bonds is 9. The van der Waals surface area contributed by atoms with E-state index in [0.717, 1.165) is 38.8 Å². The van der Waals surface area contributed by atoms with Gasteiger partial charge >= 0.3 is 0 Å². The number of nitrogen functional groups attached to an aromatic ring is 1. The fraction of sp³-hybridized carbons (Fsp3) is 0.120. The Hall–Kier alpha value is -2.51. The molecular formula is C25H23Cl2N3OS2. The molecule has 0 aliphatic carbocycles. The summed E-state index contributed by atoms with van der Waals surface area (Å²) in [6.07, 6.45) is 7.29. The van der Waals surface area contributed by atoms with E-state index in [1.54, 1.807) is 30.0 Å². The van der Waals surface area contributed by atoms with Crippen molar-refractivity contribution in [3.63, 3.8) is 0 Å². The van der Waals surface area contributed by atoms with E-state index in [2.05, 4.69) is 49.0 Å². The molecular weight excluding hydrogens is 493 g/mol. The van der Waals surface area contributed by atoms with Crippen molar-refractivity contribution in [3.05, 3.63) is 98.2 Å². The zero-order valence-corrected chi connectivity index (χ0v) is 21.3. The summed E-state index contributed by atoms with van der Waals surface area (Å²) < 4.78 is 0. The van der Waals surface area contributed by atoms with E-state index in [1.165, 1.54) is 0 Å². The van der Waals surface area contributed by atoms with E-state index in [0.29, 0.717) is 5.13 Å². The van der Waals surface area contributed by atoms with Crippen molar-refractivity contribution in [3.8, 4) is 0 Å². The fourth-order valence-electron chi connectivity index (χ4n) is 2.89. The minimum absolute atomic E-state index is 0.131. The first-order valence-electron chi connectivity index (χ1n) is 10.1. The highest BCUT2D eigenvalue weighted by Crippen LogP contribution is 2.34. The van der Waals surface area contributed by atoms with Crippen molar-refractivity contribution in [2.45, 2.75) is 25.2 Å². The van der Waals surface area contributed by atoms with Gasteiger partial charge in [-0.05, 0) is 55.8 Å². The third kappa shape index (κ3) is 6.74. The van der Waals surface area contributed by atoms with Crippen LogP contribution < -0.4 is 11.1 Å². The van der Waals surface area contributed by atoms with Crippen LogP contribution in [0.15, 0.2) is 82.6 Å². The van der Waals surface area contributed by atoms with Gasteiger partial charge in [-0.1, -0.05) is 83.6 Å². The highest BCUT2D eigenvalue weighted by molar-refractivity contribution is 8.03. The summed E-state index contributed by atoms with van der Waals surface area (Å²) in [7, 11) is 0. The van der Waals surface area contributed by atoms with Crippen LogP contribution in [-0.4, -0.2) is 10.8 Å². The van der Waals surface area contributed by atoms with E-state index in [-0.39, 0.29) is 32.1 Å². The standard InChI is InChI=1S/C25H23Cl2N3OS2/c1-4-5-7-15(2)14-16(3)32-18-12-10-17(11-13-18)29-25-30-24(28)23(33-25)22(31)21-19(26)8-6-9-20(21)27/h5-14H,3-4,28H2,1-2H3,(H,29,30)/b7-5-,15-14-. The summed E-state index contributed by atoms with van der Waals surface area (Å²) >= 11 is 15.1. The molecule has 0 fully saturated rings. The number of benzene rings is 2. The third-order valence-electron chi connectivity index (χ3n) is 4.41. The number of thioether (sulfide) groups is 1. The molecule has 0 bridgehead atoms. The summed E-state index contributed by atoms with van der Waals surface area (Å²) in [5.74, 6) is -0.220. The second-order valence-electron chi connectivity index (χ2n) is 7.08. The maximum absolute atomic E-state index is 12.9. The zero-order chi connectivity index (χ0) is 24.0. The number of anilines is 3. The summed E-state index contributed by atoms with van der Waals surface area (Å²) in [6, 6.07) is 12.8. The first kappa shape index (κ1) is 25.1. The van der Waals surface area contributed by atoms with Crippen LogP contribution in [0.1, 0.15) is 35.5 Å². The molecule has 0 aliphatic heterocycles. The molecule has 3 N–H and O–H groups in total. The number of hydrogen-bond acceptors (Lipinski definition) is 6. The van der Waals surface area contributed by atoms with Crippen LogP contribution in [-0.2, 0) is 0 Å². The number of thiazole rings is 1. The third-order valence-corrected chi connectivity index (χ3v) is 6.91. The van der Waals surface area contributed by atoms with Crippen molar-refractivity contribution < 1.29 is 4.79 Å². The fourth-order valence-corrected chi connectivity index (χ4v) is 5.13. The summed E-state index contributed by atoms with van der Waals surface area (Å²) in [6.45, 7) is 8.28. The maximum Gasteiger partial charge on any atom is 0.209 e. The van der Waals surface area contributed by atoms with Gasteiger partial charge in [-0.15, -0.1) is 0 Å². The number of nitrogens with zero attached hydrogens (tertiary/aromatic N) is 1. The number of nitrogens with one attached hydrogen (secondary N) is 1. The van der Waals surface area contributed by atoms with E-state index >= 15 is 0 Å². The Morgan fingerprint density at radius 3 is 2.52 bits per heavy atom. The molecule has 170 valence electrons. The van der Waals surface area contributed by atoms with Crippen LogP contribution in [0.4, 0.5) is 16.6 Å². The van der Waals surface area contributed by atoms with E-state index in [4.69, 9.17) is 28.9 Å². The summed E-state index contributed by atoms with van der Waals surface area (Å²) in [5, 5.41) is 4.25. The second-order valence-corrected chi connectivity index (χ2v) is 10.1. The molecule has 4 nitrogen and oxygen atoms in total. The number of ketones is 1. The Balaban J connectivity index is 1.69. The molecule has 3 aromatic rings. The molecule has 2 aromatic carbocycles. The molecule has 0 amide bonds. The molecule has 0 unspecified atom stereocenters. The molecule has 0 atom stereocenters. The molecule has 1 heterocycles. The van der Waals surface area contributed by atoms with Gasteiger partial charge < -0.3 is 11.1 Å². The number of allylic oxidation sites excluding steroid dienone is 4. The van der Waals surface area contributed by atoms with Crippen LogP contribution in [0.3, 0.4) is 0 Å². The predicted octanol–water partition coefficient (Wildman–Crippen LogP) is 8.53. The molecule has 0 aliphatic rings. The molecule has 1 aromatic heterocycles. The molecule has 33 heavy (non-hydrogen) atoms. The Bertz CT molecular complexity index is 1210. The SMILES string of the molecule is C=C(/C=C(C)\C=C/CC)Sc1ccc(Nc2nc(N)c(C(=O)c3c(Cl)cccc3Cl)s2)cc1. The normalized spacial score (nSPS) is 11.7. The van der Waals surface area contributed by atoms with E-state index < -0.39 is 0 Å². The first-order chi connectivity index (χ1) is 15.8. The lowest BCUT2D eigenvalue weighted by Gasteiger charge is -2.05. The summed E-state index contributed by atoms with van der Waals surface area (Å²) in [5.41, 5.74) is 8.22. The van der Waals surface area contributed by atoms with Gasteiger partial charge in [-0.25, -0.2) is 4.98 Å². The number of hydrogen-bond donors (Lipinski definition) is 2. The average Bonchev–Trinajstić information content (AvgIpc) is 3.13. The quantitative estimate of drug-likeness (QED) is 0.169. The number of carbonyl (C=O) groups is 1. The predicted molar refractivity (Wildman–Crippen MR) is 144 cm³/mol. The highest BCUT2D eigenvalue weighted by Gasteiger charge is 2.22. The van der Waals surface area contributed by atoms with Crippen molar-refractivity contribution in [1.29, 1.82) is 0 Å². The van der Waals surface area contributed by atoms with Crippen molar-refractivity contribution >= 4 is 68.7 Å². The molecule has 0 radical (unpaired) electrons. The number of aromatic nitrogens is 1. The van der Waals surface area contributed by atoms with Gasteiger partial charge in [-0.2, -0.15) is 0 Å². The largest absolute Gasteiger partial charge is 0.382 e. The molecule has 3 rings (SSSR count). The molecule has 0 saturated heterocycles. The second kappa shape index (κ2) is 11.6. The van der Waals surface area contributed by atoms with Gasteiger partial charge in [0.2, 0.25) is 5.78 Å². The van der Waals surface area contributed by atoms with Crippen LogP contribution >= 0.6 is 46.3 Å². The van der Waals surface area contributed by atoms with Crippen LogP contribution in [0, 0.1) is 0 Å². The minimum atomic E-state index is -0.351. The number of nitrogens with two attached hydrogens (primary N) is 1. The molecule has 8 heteroatoms. The van der Waals surface area contributed by atoms with Gasteiger partial charge in [0, 0.05) is 15.5 Å². The highest BCUT2D eigenvalue weighted by atomic mass is 35.5. The first-order valence-corrected chi connectivity index (χ1v) is 12.5. The van der Waals surface area contributed by atoms with Gasteiger partial charge in [0.15, 0.2) is 5.13 Å². The number of halogens is 2. The Labute approximate surface area is 212 Å². The Morgan fingerprint density at radius 2 is 1.88 bits per heavy atom. The minimum Gasteiger partial charge on any atom is -0.382 e. The van der Waals surface area contributed by atoms with Gasteiger partial charge in [0.25, 0.3) is 0 Å². The lowest BCUT2D eigenvalue weighted by molar-refractivity contribution is 0.104. The maximum atomic E-state index is 12.9. The summed E-state index contributed by atoms with van der Waals surface area (Å²) in [4.78, 5) is 19.5. The lowest BCUT2D eigenvalue weighted by Crippen LogP contribution is -2.04. The van der Waals surface area contributed by atoms with Crippen LogP contribution in [0.5, 0.6) is 0 Å². The molecule has 0 saturated carbocycles. The van der Waals surface area contributed by atoms with E-state index in [9.17, 15) is 4.79 Å². The smallest absolute Gasteiger partial charge is 0.209 e. The Kier molecular flexibility index (Phi) is 8.80.